The SMILES string of the molecule is Cc1cc(C(NC(=O)c2cc(Cn3ccn(C)/c3=N\C(=O)O)cc(-c3cccnc3C(F)(F)F)c2F)C2CC2)ccc1F. The van der Waals surface area contributed by atoms with Gasteiger partial charge in [-0.2, -0.15) is 13.2 Å². The van der Waals surface area contributed by atoms with E-state index >= 15 is 4.39 Å². The molecule has 2 amide bonds. The first-order chi connectivity index (χ1) is 20.3. The molecule has 0 aliphatic heterocycles. The molecular weight excluding hydrogens is 573 g/mol. The number of carbonyl (C=O) groups excluding carboxylic acids is 1. The van der Waals surface area contributed by atoms with E-state index in [1.807, 2.05) is 0 Å². The second-order valence-corrected chi connectivity index (χ2v) is 10.4. The largest absolute Gasteiger partial charge is 0.463 e. The molecule has 1 atom stereocenters. The van der Waals surface area contributed by atoms with Crippen molar-refractivity contribution >= 4 is 12.0 Å². The summed E-state index contributed by atoms with van der Waals surface area (Å²) in [5.41, 5.74) is -1.71. The first kappa shape index (κ1) is 29.7. The van der Waals surface area contributed by atoms with E-state index in [4.69, 9.17) is 0 Å². The lowest BCUT2D eigenvalue weighted by Crippen LogP contribution is -2.31. The van der Waals surface area contributed by atoms with E-state index in [9.17, 15) is 32.3 Å². The smallest absolute Gasteiger partial charge is 0.434 e. The Labute approximate surface area is 242 Å². The fourth-order valence-electron chi connectivity index (χ4n) is 5.03. The Balaban J connectivity index is 1.63. The molecule has 0 bridgehead atoms. The maximum atomic E-state index is 16.1. The van der Waals surface area contributed by atoms with Gasteiger partial charge < -0.3 is 19.6 Å². The molecule has 2 heterocycles. The molecule has 43 heavy (non-hydrogen) atoms. The number of aromatic nitrogens is 3. The van der Waals surface area contributed by atoms with Crippen molar-refractivity contribution in [2.45, 2.75) is 38.5 Å². The average Bonchev–Trinajstić information content (AvgIpc) is 3.74. The maximum absolute atomic E-state index is 16.1. The number of aryl methyl sites for hydroxylation is 2. The lowest BCUT2D eigenvalue weighted by molar-refractivity contribution is -0.140. The van der Waals surface area contributed by atoms with Gasteiger partial charge in [-0.25, -0.2) is 13.6 Å². The molecule has 0 saturated heterocycles. The molecule has 2 N–H and O–H groups in total. The normalized spacial score (nSPS) is 14.5. The number of rotatable bonds is 7. The van der Waals surface area contributed by atoms with E-state index in [0.29, 0.717) is 11.1 Å². The Morgan fingerprint density at radius 1 is 1.12 bits per heavy atom. The van der Waals surface area contributed by atoms with Crippen molar-refractivity contribution in [2.75, 3.05) is 0 Å². The van der Waals surface area contributed by atoms with Crippen molar-refractivity contribution in [2.24, 2.45) is 18.0 Å². The summed E-state index contributed by atoms with van der Waals surface area (Å²) in [6, 6.07) is 8.51. The zero-order valence-electron chi connectivity index (χ0n) is 23.0. The summed E-state index contributed by atoms with van der Waals surface area (Å²) in [5, 5.41) is 12.0. The number of nitrogens with one attached hydrogen (secondary N) is 1. The molecule has 1 aliphatic carbocycles. The molecule has 13 heteroatoms. The van der Waals surface area contributed by atoms with Crippen LogP contribution in [-0.4, -0.2) is 31.2 Å². The van der Waals surface area contributed by atoms with Crippen molar-refractivity contribution < 1.29 is 36.6 Å². The minimum absolute atomic E-state index is 0.00205. The summed E-state index contributed by atoms with van der Waals surface area (Å²) in [6.45, 7) is 1.43. The fourth-order valence-corrected chi connectivity index (χ4v) is 5.03. The summed E-state index contributed by atoms with van der Waals surface area (Å²) >= 11 is 0. The Morgan fingerprint density at radius 2 is 1.86 bits per heavy atom. The number of benzene rings is 2. The number of imidazole rings is 1. The van der Waals surface area contributed by atoms with Gasteiger partial charge in [-0.15, -0.1) is 4.99 Å². The van der Waals surface area contributed by atoms with E-state index in [1.54, 1.807) is 20.0 Å². The number of hydrogen-bond acceptors (Lipinski definition) is 3. The highest BCUT2D eigenvalue weighted by Gasteiger charge is 2.37. The van der Waals surface area contributed by atoms with Gasteiger partial charge in [-0.3, -0.25) is 9.78 Å². The van der Waals surface area contributed by atoms with Crippen LogP contribution in [0.5, 0.6) is 0 Å². The Bertz CT molecular complexity index is 1790. The zero-order chi connectivity index (χ0) is 31.1. The number of amides is 2. The highest BCUT2D eigenvalue weighted by atomic mass is 19.4. The Hall–Kier alpha value is -4.81. The third-order valence-corrected chi connectivity index (χ3v) is 7.26. The van der Waals surface area contributed by atoms with E-state index in [0.717, 1.165) is 25.1 Å². The quantitative estimate of drug-likeness (QED) is 0.255. The molecule has 1 fully saturated rings. The van der Waals surface area contributed by atoms with Crippen LogP contribution in [0.2, 0.25) is 0 Å². The molecule has 1 aliphatic rings. The lowest BCUT2D eigenvalue weighted by Gasteiger charge is -2.21. The molecule has 0 radical (unpaired) electrons. The molecule has 1 unspecified atom stereocenters. The van der Waals surface area contributed by atoms with Crippen LogP contribution in [0.4, 0.5) is 26.7 Å². The molecule has 1 saturated carbocycles. The number of nitrogens with zero attached hydrogens (tertiary/aromatic N) is 4. The summed E-state index contributed by atoms with van der Waals surface area (Å²) in [7, 11) is 1.55. The van der Waals surface area contributed by atoms with Gasteiger partial charge in [0, 0.05) is 36.8 Å². The molecule has 2 aromatic carbocycles. The van der Waals surface area contributed by atoms with E-state index in [2.05, 4.69) is 15.3 Å². The number of pyridine rings is 1. The Kier molecular flexibility index (Phi) is 7.91. The Morgan fingerprint density at radius 3 is 2.51 bits per heavy atom. The molecule has 5 rings (SSSR count). The fraction of sp³-hybridized carbons (Fsp3) is 0.267. The van der Waals surface area contributed by atoms with Crippen molar-refractivity contribution in [3.05, 3.63) is 106 Å². The van der Waals surface area contributed by atoms with Crippen molar-refractivity contribution in [3.63, 3.8) is 0 Å². The minimum Gasteiger partial charge on any atom is -0.463 e. The van der Waals surface area contributed by atoms with Crippen LogP contribution in [0.15, 0.2) is 66.0 Å². The number of carbonyl (C=O) groups is 2. The monoisotopic (exact) mass is 599 g/mol. The van der Waals surface area contributed by atoms with Crippen LogP contribution in [0.3, 0.4) is 0 Å². The summed E-state index contributed by atoms with van der Waals surface area (Å²) in [6.07, 6.45) is -0.876. The first-order valence-electron chi connectivity index (χ1n) is 13.2. The second kappa shape index (κ2) is 11.5. The molecule has 4 aromatic rings. The van der Waals surface area contributed by atoms with Crippen molar-refractivity contribution in [1.82, 2.24) is 19.4 Å². The molecule has 224 valence electrons. The number of carboxylic acid groups (broad SMARTS) is 1. The van der Waals surface area contributed by atoms with Crippen molar-refractivity contribution in [3.8, 4) is 11.1 Å². The van der Waals surface area contributed by atoms with Crippen LogP contribution < -0.4 is 10.9 Å². The van der Waals surface area contributed by atoms with Crippen molar-refractivity contribution in [1.29, 1.82) is 0 Å². The van der Waals surface area contributed by atoms with Crippen LogP contribution in [-0.2, 0) is 19.8 Å². The van der Waals surface area contributed by atoms with Gasteiger partial charge in [-0.05, 0) is 66.6 Å². The second-order valence-electron chi connectivity index (χ2n) is 10.4. The molecule has 8 nitrogen and oxygen atoms in total. The topological polar surface area (TPSA) is 102 Å². The van der Waals surface area contributed by atoms with Crippen LogP contribution in [0, 0.1) is 24.5 Å². The first-order valence-corrected chi connectivity index (χ1v) is 13.2. The van der Waals surface area contributed by atoms with E-state index in [-0.39, 0.29) is 23.6 Å². The summed E-state index contributed by atoms with van der Waals surface area (Å²) < 4.78 is 74.6. The summed E-state index contributed by atoms with van der Waals surface area (Å²) in [4.78, 5) is 31.9. The third kappa shape index (κ3) is 6.35. The predicted octanol–water partition coefficient (Wildman–Crippen LogP) is 6.00. The van der Waals surface area contributed by atoms with Crippen LogP contribution >= 0.6 is 0 Å². The van der Waals surface area contributed by atoms with Crippen LogP contribution in [0.25, 0.3) is 11.1 Å². The minimum atomic E-state index is -4.92. The molecule has 0 spiro atoms. The van der Waals surface area contributed by atoms with E-state index in [1.165, 1.54) is 51.9 Å². The van der Waals surface area contributed by atoms with Gasteiger partial charge in [0.25, 0.3) is 5.91 Å². The lowest BCUT2D eigenvalue weighted by atomic mass is 9.95. The highest BCUT2D eigenvalue weighted by molar-refractivity contribution is 5.96. The summed E-state index contributed by atoms with van der Waals surface area (Å²) in [5.74, 6) is -2.45. The van der Waals surface area contributed by atoms with Gasteiger partial charge >= 0.3 is 12.3 Å². The predicted molar refractivity (Wildman–Crippen MR) is 145 cm³/mol. The average molecular weight is 600 g/mol. The van der Waals surface area contributed by atoms with Gasteiger partial charge in [0.05, 0.1) is 18.2 Å². The van der Waals surface area contributed by atoms with Gasteiger partial charge in [0.1, 0.15) is 11.6 Å². The van der Waals surface area contributed by atoms with Gasteiger partial charge in [0.2, 0.25) is 5.62 Å². The van der Waals surface area contributed by atoms with Gasteiger partial charge in [0.15, 0.2) is 5.69 Å². The number of halogens is 5. The standard InChI is InChI=1S/C30H26F5N5O3/c1-16-12-19(7-8-23(16)31)25(18-5-6-18)37-27(41)22-14-17(15-40-11-10-39(2)28(40)38-29(42)43)13-21(24(22)32)20-4-3-9-36-26(20)30(33,34)35/h3-4,7-14,18,25H,5-6,15H2,1-2H3,(H,37,41)(H,42,43)/b38-28+. The van der Waals surface area contributed by atoms with Gasteiger partial charge in [-0.1, -0.05) is 18.2 Å². The number of hydrogen-bond donors (Lipinski definition) is 2. The zero-order valence-corrected chi connectivity index (χ0v) is 23.0. The third-order valence-electron chi connectivity index (χ3n) is 7.26. The van der Waals surface area contributed by atoms with E-state index < -0.39 is 58.2 Å². The molecule has 2 aromatic heterocycles. The maximum Gasteiger partial charge on any atom is 0.434 e. The van der Waals surface area contributed by atoms with Crippen LogP contribution in [0.1, 0.15) is 51.6 Å². The molecular formula is C30H26F5N5O3. The number of alkyl halides is 3. The highest BCUT2D eigenvalue weighted by Crippen LogP contribution is 2.42.